The third kappa shape index (κ3) is 4.11. The number of hydrogen-bond acceptors (Lipinski definition) is 5. The summed E-state index contributed by atoms with van der Waals surface area (Å²) in [4.78, 5) is 33.7. The first-order valence-corrected chi connectivity index (χ1v) is 12.5. The van der Waals surface area contributed by atoms with Crippen molar-refractivity contribution in [1.29, 1.82) is 0 Å². The Balaban J connectivity index is 1.11. The number of halogens is 1. The van der Waals surface area contributed by atoms with Gasteiger partial charge >= 0.3 is 0 Å². The van der Waals surface area contributed by atoms with Crippen LogP contribution in [0.25, 0.3) is 16.6 Å². The van der Waals surface area contributed by atoms with Gasteiger partial charge in [-0.2, -0.15) is 0 Å². The molecule has 2 fully saturated rings. The molecule has 2 aromatic heterocycles. The Morgan fingerprint density at radius 1 is 0.971 bits per heavy atom. The summed E-state index contributed by atoms with van der Waals surface area (Å²) in [5, 5.41) is 6.84. The summed E-state index contributed by atoms with van der Waals surface area (Å²) < 4.78 is 15.4. The number of likely N-dealkylation sites (tertiary alicyclic amines) is 2. The van der Waals surface area contributed by atoms with Crippen LogP contribution >= 0.6 is 11.3 Å². The molecule has 35 heavy (non-hydrogen) atoms. The molecule has 0 saturated carbocycles. The molecule has 178 valence electrons. The summed E-state index contributed by atoms with van der Waals surface area (Å²) in [6.07, 6.45) is 4.40. The first kappa shape index (κ1) is 21.9. The molecule has 1 unspecified atom stereocenters. The Morgan fingerprint density at radius 3 is 2.51 bits per heavy atom. The van der Waals surface area contributed by atoms with Gasteiger partial charge in [0.05, 0.1) is 11.1 Å². The lowest BCUT2D eigenvalue weighted by molar-refractivity contribution is 0.0554. The molecule has 0 bridgehead atoms. The van der Waals surface area contributed by atoms with E-state index in [0.29, 0.717) is 36.8 Å². The molecule has 2 aliphatic rings. The van der Waals surface area contributed by atoms with Gasteiger partial charge in [0.1, 0.15) is 5.82 Å². The zero-order valence-corrected chi connectivity index (χ0v) is 19.7. The minimum Gasteiger partial charge on any atom is -0.335 e. The van der Waals surface area contributed by atoms with Gasteiger partial charge in [-0.1, -0.05) is 18.2 Å². The molecular formula is C26H24FN5O2S. The second-order valence-electron chi connectivity index (χ2n) is 9.05. The molecule has 7 nitrogen and oxygen atoms in total. The number of benzene rings is 2. The third-order valence-electron chi connectivity index (χ3n) is 6.78. The molecular weight excluding hydrogens is 465 g/mol. The maximum absolute atomic E-state index is 13.4. The van der Waals surface area contributed by atoms with Gasteiger partial charge in [0.15, 0.2) is 5.01 Å². The number of amides is 2. The molecule has 2 saturated heterocycles. The first-order chi connectivity index (χ1) is 17.1. The predicted molar refractivity (Wildman–Crippen MR) is 132 cm³/mol. The van der Waals surface area contributed by atoms with E-state index in [1.54, 1.807) is 18.3 Å². The lowest BCUT2D eigenvalue weighted by atomic mass is 10.0. The van der Waals surface area contributed by atoms with E-state index in [0.717, 1.165) is 23.0 Å². The normalized spacial score (nSPS) is 18.3. The Kier molecular flexibility index (Phi) is 5.58. The van der Waals surface area contributed by atoms with E-state index in [2.05, 4.69) is 10.3 Å². The highest BCUT2D eigenvalue weighted by Crippen LogP contribution is 2.28. The maximum atomic E-state index is 13.4. The number of para-hydroxylation sites is 1. The number of hydrogen-bond donors (Lipinski definition) is 1. The van der Waals surface area contributed by atoms with Crippen LogP contribution in [-0.2, 0) is 0 Å². The fraction of sp³-hybridized carbons (Fsp3) is 0.269. The molecule has 2 amide bonds. The van der Waals surface area contributed by atoms with Gasteiger partial charge in [-0.25, -0.2) is 9.37 Å². The van der Waals surface area contributed by atoms with E-state index in [9.17, 15) is 14.0 Å². The Bertz CT molecular complexity index is 1380. The van der Waals surface area contributed by atoms with Crippen molar-refractivity contribution in [2.24, 2.45) is 0 Å². The average Bonchev–Trinajstić information content (AvgIpc) is 3.61. The van der Waals surface area contributed by atoms with Crippen molar-refractivity contribution in [1.82, 2.24) is 24.7 Å². The largest absolute Gasteiger partial charge is 0.335 e. The lowest BCUT2D eigenvalue weighted by Crippen LogP contribution is -2.62. The zero-order chi connectivity index (χ0) is 23.9. The standard InChI is InChI=1S/C26H24FN5O2S/c27-17-5-7-20(8-6-17)32-16-22(21-3-1-2-4-23(21)32)25(33)31-14-19(15-31)29-18-9-11-30(13-18)26(34)24-28-10-12-35-24/h1-8,10,12,16,18-19,29H,9,11,13-15H2. The smallest absolute Gasteiger partial charge is 0.282 e. The van der Waals surface area contributed by atoms with Gasteiger partial charge in [-0.05, 0) is 36.8 Å². The van der Waals surface area contributed by atoms with Crippen molar-refractivity contribution >= 4 is 34.1 Å². The highest BCUT2D eigenvalue weighted by molar-refractivity contribution is 7.11. The van der Waals surface area contributed by atoms with Crippen LogP contribution in [0.2, 0.25) is 0 Å². The molecule has 0 radical (unpaired) electrons. The summed E-state index contributed by atoms with van der Waals surface area (Å²) in [7, 11) is 0. The number of carbonyl (C=O) groups is 2. The average molecular weight is 490 g/mol. The molecule has 9 heteroatoms. The second kappa shape index (κ2) is 8.90. The fourth-order valence-electron chi connectivity index (χ4n) is 4.96. The van der Waals surface area contributed by atoms with Crippen molar-refractivity contribution in [2.45, 2.75) is 18.5 Å². The Labute approximate surface area is 205 Å². The summed E-state index contributed by atoms with van der Waals surface area (Å²) in [5.74, 6) is -0.307. The predicted octanol–water partition coefficient (Wildman–Crippen LogP) is 3.55. The summed E-state index contributed by atoms with van der Waals surface area (Å²) in [6, 6.07) is 14.5. The van der Waals surface area contributed by atoms with E-state index >= 15 is 0 Å². The van der Waals surface area contributed by atoms with Gasteiger partial charge in [0.25, 0.3) is 11.8 Å². The minimum atomic E-state index is -0.293. The summed E-state index contributed by atoms with van der Waals surface area (Å²) in [6.45, 7) is 2.64. The summed E-state index contributed by atoms with van der Waals surface area (Å²) in [5.41, 5.74) is 2.36. The monoisotopic (exact) mass is 489 g/mol. The molecule has 6 rings (SSSR count). The third-order valence-corrected chi connectivity index (χ3v) is 7.54. The van der Waals surface area contributed by atoms with Crippen molar-refractivity contribution in [3.05, 3.63) is 82.7 Å². The van der Waals surface area contributed by atoms with Crippen LogP contribution in [0.1, 0.15) is 26.6 Å². The molecule has 1 N–H and O–H groups in total. The minimum absolute atomic E-state index is 0.00717. The first-order valence-electron chi connectivity index (χ1n) is 11.7. The van der Waals surface area contributed by atoms with Crippen LogP contribution < -0.4 is 5.32 Å². The number of nitrogens with one attached hydrogen (secondary N) is 1. The summed E-state index contributed by atoms with van der Waals surface area (Å²) >= 11 is 1.37. The number of thiazole rings is 1. The van der Waals surface area contributed by atoms with Crippen LogP contribution in [-0.4, -0.2) is 69.4 Å². The highest BCUT2D eigenvalue weighted by atomic mass is 32.1. The van der Waals surface area contributed by atoms with Gasteiger partial charge < -0.3 is 19.7 Å². The lowest BCUT2D eigenvalue weighted by Gasteiger charge is -2.41. The molecule has 4 heterocycles. The highest BCUT2D eigenvalue weighted by Gasteiger charge is 2.36. The fourth-order valence-corrected chi connectivity index (χ4v) is 5.57. The maximum Gasteiger partial charge on any atom is 0.282 e. The van der Waals surface area contributed by atoms with Gasteiger partial charge in [-0.15, -0.1) is 11.3 Å². The quantitative estimate of drug-likeness (QED) is 0.466. The SMILES string of the molecule is O=C(c1nccs1)N1CCC(NC2CN(C(=O)c3cn(-c4ccc(F)cc4)c4ccccc34)C2)C1. The molecule has 0 aliphatic carbocycles. The van der Waals surface area contributed by atoms with Crippen LogP contribution in [0, 0.1) is 5.82 Å². The van der Waals surface area contributed by atoms with Crippen LogP contribution in [0.3, 0.4) is 0 Å². The molecule has 4 aromatic rings. The van der Waals surface area contributed by atoms with Crippen LogP contribution in [0.4, 0.5) is 4.39 Å². The molecule has 0 spiro atoms. The van der Waals surface area contributed by atoms with Crippen LogP contribution in [0.15, 0.2) is 66.3 Å². The van der Waals surface area contributed by atoms with Crippen molar-refractivity contribution in [3.63, 3.8) is 0 Å². The molecule has 2 aliphatic heterocycles. The number of aromatic nitrogens is 2. The second-order valence-corrected chi connectivity index (χ2v) is 9.95. The van der Waals surface area contributed by atoms with Crippen molar-refractivity contribution in [3.8, 4) is 5.69 Å². The zero-order valence-electron chi connectivity index (χ0n) is 18.9. The number of carbonyl (C=O) groups excluding carboxylic acids is 2. The number of rotatable bonds is 5. The molecule has 1 atom stereocenters. The van der Waals surface area contributed by atoms with E-state index in [-0.39, 0.29) is 29.7 Å². The van der Waals surface area contributed by atoms with E-state index < -0.39 is 0 Å². The Hall–Kier alpha value is -3.56. The number of fused-ring (bicyclic) bond motifs is 1. The van der Waals surface area contributed by atoms with E-state index in [4.69, 9.17) is 0 Å². The molecule has 2 aromatic carbocycles. The van der Waals surface area contributed by atoms with E-state index in [1.165, 1.54) is 23.5 Å². The van der Waals surface area contributed by atoms with E-state index in [1.807, 2.05) is 50.2 Å². The van der Waals surface area contributed by atoms with Gasteiger partial charge in [0.2, 0.25) is 0 Å². The topological polar surface area (TPSA) is 70.5 Å². The van der Waals surface area contributed by atoms with Crippen LogP contribution in [0.5, 0.6) is 0 Å². The van der Waals surface area contributed by atoms with Gasteiger partial charge in [-0.3, -0.25) is 9.59 Å². The number of nitrogens with zero attached hydrogens (tertiary/aromatic N) is 4. The Morgan fingerprint density at radius 2 is 1.74 bits per heavy atom. The van der Waals surface area contributed by atoms with Crippen molar-refractivity contribution < 1.29 is 14.0 Å². The van der Waals surface area contributed by atoms with Gasteiger partial charge in [0, 0.05) is 67.1 Å². The van der Waals surface area contributed by atoms with Crippen molar-refractivity contribution in [2.75, 3.05) is 26.2 Å².